The van der Waals surface area contributed by atoms with E-state index in [1.807, 2.05) is 18.2 Å². The van der Waals surface area contributed by atoms with Gasteiger partial charge in [0.15, 0.2) is 11.6 Å². The van der Waals surface area contributed by atoms with Gasteiger partial charge in [0.2, 0.25) is 0 Å². The summed E-state index contributed by atoms with van der Waals surface area (Å²) in [7, 11) is 0. The summed E-state index contributed by atoms with van der Waals surface area (Å²) < 4.78 is 13.0. The minimum atomic E-state index is -0.315. The first-order valence-electron chi connectivity index (χ1n) is 10.5. The summed E-state index contributed by atoms with van der Waals surface area (Å²) in [5, 5.41) is 0. The highest BCUT2D eigenvalue weighted by atomic mass is 35.5. The smallest absolute Gasteiger partial charge is 0.163 e. The van der Waals surface area contributed by atoms with Crippen LogP contribution in [0.1, 0.15) is 51.5 Å². The average molecular weight is 431 g/mol. The van der Waals surface area contributed by atoms with Gasteiger partial charge in [-0.15, -0.1) is 12.4 Å². The molecule has 0 radical (unpaired) electrons. The summed E-state index contributed by atoms with van der Waals surface area (Å²) in [5.41, 5.74) is 2.70. The third-order valence-electron chi connectivity index (χ3n) is 6.12. The number of benzene rings is 2. The fraction of sp³-hybridized carbons (Fsp3) is 0.417. The lowest BCUT2D eigenvalue weighted by atomic mass is 10.0. The molecule has 30 heavy (non-hydrogen) atoms. The van der Waals surface area contributed by atoms with Crippen LogP contribution in [0.5, 0.6) is 0 Å². The number of hydrogen-bond donors (Lipinski definition) is 0. The van der Waals surface area contributed by atoms with Gasteiger partial charge in [-0.2, -0.15) is 0 Å². The molecule has 1 heterocycles. The highest BCUT2D eigenvalue weighted by Crippen LogP contribution is 2.33. The van der Waals surface area contributed by atoms with E-state index >= 15 is 0 Å². The summed E-state index contributed by atoms with van der Waals surface area (Å²) in [6.45, 7) is 5.84. The zero-order valence-electron chi connectivity index (χ0n) is 17.1. The van der Waals surface area contributed by atoms with E-state index in [1.54, 1.807) is 12.1 Å². The molecule has 2 aromatic carbocycles. The quantitative estimate of drug-likeness (QED) is 0.617. The van der Waals surface area contributed by atoms with Crippen molar-refractivity contribution in [2.45, 2.75) is 25.2 Å². The van der Waals surface area contributed by atoms with Gasteiger partial charge in [-0.1, -0.05) is 24.3 Å². The van der Waals surface area contributed by atoms with Crippen LogP contribution in [0.2, 0.25) is 0 Å². The van der Waals surface area contributed by atoms with E-state index in [0.29, 0.717) is 24.3 Å². The molecule has 1 aliphatic heterocycles. The van der Waals surface area contributed by atoms with Crippen LogP contribution in [-0.2, 0) is 0 Å². The number of Topliss-reactive ketones (excluding diaryl/α,β-unsaturated/α-hetero) is 2. The Kier molecular flexibility index (Phi) is 7.75. The number of nitrogens with zero attached hydrogens (tertiary/aromatic N) is 2. The topological polar surface area (TPSA) is 40.6 Å². The van der Waals surface area contributed by atoms with Gasteiger partial charge in [0.25, 0.3) is 0 Å². The molecule has 1 aliphatic carbocycles. The van der Waals surface area contributed by atoms with E-state index in [4.69, 9.17) is 0 Å². The van der Waals surface area contributed by atoms with Crippen LogP contribution in [0, 0.1) is 5.82 Å². The SMILES string of the molecule is Cl.O=C(CCCN1CCN(CC2CC(=O)c3ccccc32)CC1)c1ccc(F)cc1. The predicted octanol–water partition coefficient (Wildman–Crippen LogP) is 4.20. The van der Waals surface area contributed by atoms with Crippen molar-refractivity contribution in [2.75, 3.05) is 39.3 Å². The number of carbonyl (C=O) groups excluding carboxylic acids is 2. The monoisotopic (exact) mass is 430 g/mol. The van der Waals surface area contributed by atoms with E-state index < -0.39 is 0 Å². The van der Waals surface area contributed by atoms with Crippen LogP contribution in [0.15, 0.2) is 48.5 Å². The normalized spacial score (nSPS) is 19.4. The Bertz CT molecular complexity index is 879. The maximum atomic E-state index is 13.0. The molecule has 1 unspecified atom stereocenters. The van der Waals surface area contributed by atoms with Crippen molar-refractivity contribution in [3.63, 3.8) is 0 Å². The molecule has 4 nitrogen and oxygen atoms in total. The molecular formula is C24H28ClFN2O2. The van der Waals surface area contributed by atoms with Gasteiger partial charge in [0, 0.05) is 62.6 Å². The minimum Gasteiger partial charge on any atom is -0.301 e. The van der Waals surface area contributed by atoms with Crippen molar-refractivity contribution >= 4 is 24.0 Å². The highest BCUT2D eigenvalue weighted by molar-refractivity contribution is 6.01. The molecule has 0 spiro atoms. The number of ketones is 2. The molecule has 0 N–H and O–H groups in total. The zero-order chi connectivity index (χ0) is 20.2. The molecule has 1 saturated heterocycles. The van der Waals surface area contributed by atoms with Crippen molar-refractivity contribution < 1.29 is 14.0 Å². The zero-order valence-corrected chi connectivity index (χ0v) is 17.9. The number of halogens is 2. The number of carbonyl (C=O) groups is 2. The summed E-state index contributed by atoms with van der Waals surface area (Å²) in [6.07, 6.45) is 1.94. The lowest BCUT2D eigenvalue weighted by Crippen LogP contribution is -2.47. The summed E-state index contributed by atoms with van der Waals surface area (Å²) in [4.78, 5) is 29.2. The molecule has 0 saturated carbocycles. The molecule has 6 heteroatoms. The molecule has 1 atom stereocenters. The van der Waals surface area contributed by atoms with Crippen molar-refractivity contribution in [3.8, 4) is 0 Å². The molecule has 0 aromatic heterocycles. The van der Waals surface area contributed by atoms with E-state index in [1.165, 1.54) is 17.7 Å². The Balaban J connectivity index is 0.00000256. The first kappa shape index (κ1) is 22.6. The van der Waals surface area contributed by atoms with Gasteiger partial charge in [0.1, 0.15) is 5.82 Å². The van der Waals surface area contributed by atoms with Gasteiger partial charge < -0.3 is 9.80 Å². The van der Waals surface area contributed by atoms with Crippen LogP contribution in [0.4, 0.5) is 4.39 Å². The van der Waals surface area contributed by atoms with Crippen LogP contribution < -0.4 is 0 Å². The van der Waals surface area contributed by atoms with Gasteiger partial charge in [0.05, 0.1) is 0 Å². The third-order valence-corrected chi connectivity index (χ3v) is 6.12. The third kappa shape index (κ3) is 5.34. The van der Waals surface area contributed by atoms with Gasteiger partial charge in [-0.25, -0.2) is 4.39 Å². The molecule has 2 aliphatic rings. The molecular weight excluding hydrogens is 403 g/mol. The summed E-state index contributed by atoms with van der Waals surface area (Å²) in [5.74, 6) is 0.353. The predicted molar refractivity (Wildman–Crippen MR) is 118 cm³/mol. The Morgan fingerprint density at radius 3 is 2.37 bits per heavy atom. The second-order valence-electron chi connectivity index (χ2n) is 8.09. The molecule has 160 valence electrons. The average Bonchev–Trinajstić information content (AvgIpc) is 3.05. The number of piperazine rings is 1. The molecule has 0 bridgehead atoms. The standard InChI is InChI=1S/C24H27FN2O2.ClH/c25-20-9-7-18(8-10-20)23(28)6-3-11-26-12-14-27(15-13-26)17-19-16-24(29)22-5-2-1-4-21(19)22;/h1-2,4-5,7-10,19H,3,6,11-17H2;1H. The Hall–Kier alpha value is -2.08. The summed E-state index contributed by atoms with van der Waals surface area (Å²) in [6, 6.07) is 13.8. The lowest BCUT2D eigenvalue weighted by molar-refractivity contribution is 0.0941. The van der Waals surface area contributed by atoms with E-state index in [-0.39, 0.29) is 29.8 Å². The van der Waals surface area contributed by atoms with E-state index in [0.717, 1.165) is 51.3 Å². The van der Waals surface area contributed by atoms with Crippen LogP contribution >= 0.6 is 12.4 Å². The Labute approximate surface area is 183 Å². The number of rotatable bonds is 7. The lowest BCUT2D eigenvalue weighted by Gasteiger charge is -2.36. The van der Waals surface area contributed by atoms with Crippen molar-refractivity contribution in [1.82, 2.24) is 9.80 Å². The van der Waals surface area contributed by atoms with E-state index in [2.05, 4.69) is 15.9 Å². The van der Waals surface area contributed by atoms with Gasteiger partial charge in [-0.05, 0) is 42.8 Å². The molecule has 4 rings (SSSR count). The van der Waals surface area contributed by atoms with Crippen molar-refractivity contribution in [3.05, 3.63) is 71.0 Å². The number of fused-ring (bicyclic) bond motifs is 1. The largest absolute Gasteiger partial charge is 0.301 e. The highest BCUT2D eigenvalue weighted by Gasteiger charge is 2.30. The van der Waals surface area contributed by atoms with E-state index in [9.17, 15) is 14.0 Å². The van der Waals surface area contributed by atoms with Crippen LogP contribution in [0.25, 0.3) is 0 Å². The first-order valence-corrected chi connectivity index (χ1v) is 10.5. The maximum absolute atomic E-state index is 13.0. The Morgan fingerprint density at radius 2 is 1.63 bits per heavy atom. The second-order valence-corrected chi connectivity index (χ2v) is 8.09. The first-order chi connectivity index (χ1) is 14.1. The van der Waals surface area contributed by atoms with Crippen molar-refractivity contribution in [2.24, 2.45) is 0 Å². The van der Waals surface area contributed by atoms with Crippen molar-refractivity contribution in [1.29, 1.82) is 0 Å². The number of hydrogen-bond acceptors (Lipinski definition) is 4. The molecule has 0 amide bonds. The fourth-order valence-corrected chi connectivity index (χ4v) is 4.46. The minimum absolute atomic E-state index is 0. The van der Waals surface area contributed by atoms with Crippen LogP contribution in [-0.4, -0.2) is 60.6 Å². The van der Waals surface area contributed by atoms with Gasteiger partial charge >= 0.3 is 0 Å². The summed E-state index contributed by atoms with van der Waals surface area (Å²) >= 11 is 0. The Morgan fingerprint density at radius 1 is 0.967 bits per heavy atom. The second kappa shape index (κ2) is 10.3. The van der Waals surface area contributed by atoms with Crippen LogP contribution in [0.3, 0.4) is 0 Å². The maximum Gasteiger partial charge on any atom is 0.163 e. The van der Waals surface area contributed by atoms with Gasteiger partial charge in [-0.3, -0.25) is 9.59 Å². The molecule has 2 aromatic rings. The molecule has 1 fully saturated rings. The fourth-order valence-electron chi connectivity index (χ4n) is 4.46.